The van der Waals surface area contributed by atoms with Gasteiger partial charge in [0.1, 0.15) is 23.1 Å². The highest BCUT2D eigenvalue weighted by Crippen LogP contribution is 2.26. The molecular weight excluding hydrogens is 333 g/mol. The molecule has 4 rings (SSSR count). The van der Waals surface area contributed by atoms with Gasteiger partial charge in [-0.3, -0.25) is 4.68 Å². The maximum Gasteiger partial charge on any atom is 0.159 e. The number of methoxy groups -OCH3 is 1. The first-order valence-electron chi connectivity index (χ1n) is 8.24. The second-order valence-electron chi connectivity index (χ2n) is 6.02. The molecule has 7 heteroatoms. The van der Waals surface area contributed by atoms with Gasteiger partial charge in [-0.1, -0.05) is 18.2 Å². The average Bonchev–Trinajstić information content (AvgIpc) is 3.29. The maximum absolute atomic E-state index is 14.1. The molecule has 0 saturated heterocycles. The molecule has 0 saturated carbocycles. The predicted molar refractivity (Wildman–Crippen MR) is 96.1 cm³/mol. The van der Waals surface area contributed by atoms with Crippen molar-refractivity contribution in [3.05, 3.63) is 66.5 Å². The summed E-state index contributed by atoms with van der Waals surface area (Å²) in [5, 5.41) is 5.00. The predicted octanol–water partition coefficient (Wildman–Crippen LogP) is 3.21. The third-order valence-electron chi connectivity index (χ3n) is 4.43. The van der Waals surface area contributed by atoms with Gasteiger partial charge in [0.05, 0.1) is 12.3 Å². The number of benzene rings is 1. The van der Waals surface area contributed by atoms with Crippen molar-refractivity contribution in [2.45, 2.75) is 6.04 Å². The highest BCUT2D eigenvalue weighted by Gasteiger charge is 2.21. The summed E-state index contributed by atoms with van der Waals surface area (Å²) in [6.45, 7) is 0.449. The lowest BCUT2D eigenvalue weighted by Crippen LogP contribution is -2.19. The molecule has 0 aliphatic rings. The number of imidazole rings is 1. The number of aromatic nitrogens is 5. The van der Waals surface area contributed by atoms with Gasteiger partial charge in [0, 0.05) is 38.1 Å². The Balaban J connectivity index is 1.84. The van der Waals surface area contributed by atoms with Gasteiger partial charge in [-0.15, -0.1) is 0 Å². The molecular formula is C19H18FN5O. The number of rotatable bonds is 5. The van der Waals surface area contributed by atoms with Crippen molar-refractivity contribution in [1.82, 2.24) is 24.3 Å². The van der Waals surface area contributed by atoms with Gasteiger partial charge in [0.15, 0.2) is 5.82 Å². The van der Waals surface area contributed by atoms with E-state index < -0.39 is 0 Å². The zero-order valence-electron chi connectivity index (χ0n) is 14.5. The van der Waals surface area contributed by atoms with Crippen molar-refractivity contribution >= 4 is 10.9 Å². The number of halogens is 1. The van der Waals surface area contributed by atoms with E-state index in [-0.39, 0.29) is 11.9 Å². The van der Waals surface area contributed by atoms with Gasteiger partial charge >= 0.3 is 0 Å². The second kappa shape index (κ2) is 6.68. The number of hydrogen-bond acceptors (Lipinski definition) is 4. The number of hydrogen-bond donors (Lipinski definition) is 0. The van der Waals surface area contributed by atoms with E-state index in [2.05, 4.69) is 15.1 Å². The van der Waals surface area contributed by atoms with Crippen molar-refractivity contribution in [1.29, 1.82) is 0 Å². The van der Waals surface area contributed by atoms with Gasteiger partial charge in [-0.25, -0.2) is 14.4 Å². The molecule has 0 aliphatic carbocycles. The molecule has 3 heterocycles. The number of aryl methyl sites for hydroxylation is 1. The lowest BCUT2D eigenvalue weighted by Gasteiger charge is -2.20. The molecule has 0 N–H and O–H groups in total. The van der Waals surface area contributed by atoms with Crippen molar-refractivity contribution in [2.24, 2.45) is 7.05 Å². The zero-order valence-corrected chi connectivity index (χ0v) is 14.5. The van der Waals surface area contributed by atoms with Crippen LogP contribution in [0, 0.1) is 5.82 Å². The summed E-state index contributed by atoms with van der Waals surface area (Å²) in [5.74, 6) is 0.306. The summed E-state index contributed by atoms with van der Waals surface area (Å²) in [6.07, 6.45) is 5.33. The van der Waals surface area contributed by atoms with Gasteiger partial charge in [0.2, 0.25) is 0 Å². The Labute approximate surface area is 149 Å². The van der Waals surface area contributed by atoms with E-state index in [1.54, 1.807) is 30.3 Å². The molecule has 4 aromatic rings. The first-order valence-corrected chi connectivity index (χ1v) is 8.24. The van der Waals surface area contributed by atoms with Crippen LogP contribution in [0.1, 0.15) is 11.7 Å². The van der Waals surface area contributed by atoms with Gasteiger partial charge in [0.25, 0.3) is 0 Å². The molecule has 3 aromatic heterocycles. The fourth-order valence-corrected chi connectivity index (χ4v) is 3.18. The monoisotopic (exact) mass is 351 g/mol. The molecule has 0 bridgehead atoms. The Bertz CT molecular complexity index is 1050. The second-order valence-corrected chi connectivity index (χ2v) is 6.02. The minimum absolute atomic E-state index is 0.122. The van der Waals surface area contributed by atoms with Crippen LogP contribution in [0.25, 0.3) is 22.4 Å². The SMILES string of the molecule is COCC(c1ccnn1C)n1ccnc1-c1ccc2cccc(F)c2n1. The highest BCUT2D eigenvalue weighted by atomic mass is 19.1. The van der Waals surface area contributed by atoms with E-state index in [1.807, 2.05) is 42.1 Å². The Kier molecular flexibility index (Phi) is 4.22. The van der Waals surface area contributed by atoms with E-state index in [1.165, 1.54) is 6.07 Å². The average molecular weight is 351 g/mol. The van der Waals surface area contributed by atoms with E-state index >= 15 is 0 Å². The highest BCUT2D eigenvalue weighted by molar-refractivity contribution is 5.81. The molecule has 132 valence electrons. The van der Waals surface area contributed by atoms with E-state index in [9.17, 15) is 4.39 Å². The van der Waals surface area contributed by atoms with Crippen LogP contribution in [0.2, 0.25) is 0 Å². The lowest BCUT2D eigenvalue weighted by molar-refractivity contribution is 0.166. The summed E-state index contributed by atoms with van der Waals surface area (Å²) in [7, 11) is 3.54. The van der Waals surface area contributed by atoms with Crippen LogP contribution in [0.3, 0.4) is 0 Å². The minimum atomic E-state index is -0.345. The molecule has 1 unspecified atom stereocenters. The van der Waals surface area contributed by atoms with E-state index in [4.69, 9.17) is 4.74 Å². The molecule has 1 aromatic carbocycles. The molecule has 26 heavy (non-hydrogen) atoms. The summed E-state index contributed by atoms with van der Waals surface area (Å²) in [4.78, 5) is 8.96. The summed E-state index contributed by atoms with van der Waals surface area (Å²) in [6, 6.07) is 10.5. The van der Waals surface area contributed by atoms with Gasteiger partial charge in [-0.05, 0) is 18.2 Å². The first kappa shape index (κ1) is 16.4. The normalized spacial score (nSPS) is 12.6. The van der Waals surface area contributed by atoms with E-state index in [0.717, 1.165) is 11.1 Å². The number of fused-ring (bicyclic) bond motifs is 1. The summed E-state index contributed by atoms with van der Waals surface area (Å²) in [5.41, 5.74) is 1.93. The molecule has 1 atom stereocenters. The first-order chi connectivity index (χ1) is 12.7. The molecule has 0 fully saturated rings. The van der Waals surface area contributed by atoms with Crippen LogP contribution < -0.4 is 0 Å². The molecule has 0 amide bonds. The lowest BCUT2D eigenvalue weighted by atomic mass is 10.1. The van der Waals surface area contributed by atoms with Crippen LogP contribution in [-0.4, -0.2) is 38.0 Å². The topological polar surface area (TPSA) is 57.8 Å². The van der Waals surface area contributed by atoms with Crippen LogP contribution in [0.4, 0.5) is 4.39 Å². The van der Waals surface area contributed by atoms with Gasteiger partial charge in [-0.2, -0.15) is 5.10 Å². The summed E-state index contributed by atoms with van der Waals surface area (Å²) >= 11 is 0. The Morgan fingerprint density at radius 2 is 2.04 bits per heavy atom. The number of ether oxygens (including phenoxy) is 1. The Morgan fingerprint density at radius 1 is 1.15 bits per heavy atom. The van der Waals surface area contributed by atoms with Gasteiger partial charge < -0.3 is 9.30 Å². The standard InChI is InChI=1S/C19H18FN5O/c1-24-16(8-9-22-24)17(12-26-2)25-11-10-21-19(25)15-7-6-13-4-3-5-14(20)18(13)23-15/h3-11,17H,12H2,1-2H3. The smallest absolute Gasteiger partial charge is 0.159 e. The molecule has 0 aliphatic heterocycles. The Morgan fingerprint density at radius 3 is 2.81 bits per heavy atom. The third-order valence-corrected chi connectivity index (χ3v) is 4.43. The van der Waals surface area contributed by atoms with Crippen LogP contribution >= 0.6 is 0 Å². The molecule has 6 nitrogen and oxygen atoms in total. The van der Waals surface area contributed by atoms with Crippen molar-refractivity contribution in [3.63, 3.8) is 0 Å². The Hall–Kier alpha value is -3.06. The molecule has 0 radical (unpaired) electrons. The fraction of sp³-hybridized carbons (Fsp3) is 0.211. The quantitative estimate of drug-likeness (QED) is 0.554. The molecule has 0 spiro atoms. The van der Waals surface area contributed by atoms with Crippen LogP contribution in [0.15, 0.2) is 55.0 Å². The van der Waals surface area contributed by atoms with Crippen LogP contribution in [0.5, 0.6) is 0 Å². The van der Waals surface area contributed by atoms with E-state index in [0.29, 0.717) is 23.6 Å². The van der Waals surface area contributed by atoms with Crippen LogP contribution in [-0.2, 0) is 11.8 Å². The maximum atomic E-state index is 14.1. The fourth-order valence-electron chi connectivity index (χ4n) is 3.18. The zero-order chi connectivity index (χ0) is 18.1. The number of para-hydroxylation sites is 1. The number of nitrogens with zero attached hydrogens (tertiary/aromatic N) is 5. The summed E-state index contributed by atoms with van der Waals surface area (Å²) < 4.78 is 23.3. The third kappa shape index (κ3) is 2.76. The van der Waals surface area contributed by atoms with Crippen molar-refractivity contribution in [2.75, 3.05) is 13.7 Å². The minimum Gasteiger partial charge on any atom is -0.382 e. The van der Waals surface area contributed by atoms with Crippen molar-refractivity contribution < 1.29 is 9.13 Å². The van der Waals surface area contributed by atoms with Crippen molar-refractivity contribution in [3.8, 4) is 11.5 Å². The number of pyridine rings is 1. The largest absolute Gasteiger partial charge is 0.382 e.